The number of nitriles is 1. The lowest BCUT2D eigenvalue weighted by Gasteiger charge is -2.07. The second-order valence-corrected chi connectivity index (χ2v) is 5.84. The van der Waals surface area contributed by atoms with Crippen LogP contribution in [0, 0.1) is 11.3 Å². The first-order chi connectivity index (χ1) is 13.7. The molecule has 6 nitrogen and oxygen atoms in total. The van der Waals surface area contributed by atoms with Crippen molar-refractivity contribution in [1.82, 2.24) is 4.57 Å². The highest BCUT2D eigenvalue weighted by atomic mass is 16.5. The van der Waals surface area contributed by atoms with E-state index in [1.807, 2.05) is 66.2 Å². The Bertz CT molecular complexity index is 997. The highest BCUT2D eigenvalue weighted by molar-refractivity contribution is 5.79. The number of aliphatic imine (C=N–C) groups is 1. The van der Waals surface area contributed by atoms with Gasteiger partial charge in [-0.1, -0.05) is 12.1 Å². The van der Waals surface area contributed by atoms with E-state index in [1.54, 1.807) is 14.2 Å². The summed E-state index contributed by atoms with van der Waals surface area (Å²) in [6.07, 6.45) is 3.27. The van der Waals surface area contributed by atoms with Gasteiger partial charge in [-0.25, -0.2) is 4.99 Å². The third-order valence-electron chi connectivity index (χ3n) is 4.26. The van der Waals surface area contributed by atoms with E-state index in [0.29, 0.717) is 18.0 Å². The first-order valence-electron chi connectivity index (χ1n) is 8.80. The zero-order valence-corrected chi connectivity index (χ0v) is 16.0. The largest absolute Gasteiger partial charge is 0.497 e. The molecule has 0 radical (unpaired) electrons. The quantitative estimate of drug-likeness (QED) is 0.442. The molecule has 1 aromatic heterocycles. The van der Waals surface area contributed by atoms with Crippen molar-refractivity contribution in [2.24, 2.45) is 4.99 Å². The summed E-state index contributed by atoms with van der Waals surface area (Å²) in [4.78, 5) is 4.40. The molecule has 3 rings (SSSR count). The summed E-state index contributed by atoms with van der Waals surface area (Å²) in [6.45, 7) is 2.38. The SMILES string of the molecule is CCO/C=N/c1c(C#N)c(-c2ccc(OC)cc2)cn1-c1ccc(OC)cc1. The van der Waals surface area contributed by atoms with Gasteiger partial charge in [-0.2, -0.15) is 5.26 Å². The monoisotopic (exact) mass is 375 g/mol. The number of rotatable bonds is 7. The van der Waals surface area contributed by atoms with Gasteiger partial charge in [0.1, 0.15) is 23.1 Å². The van der Waals surface area contributed by atoms with Gasteiger partial charge < -0.3 is 14.2 Å². The fraction of sp³-hybridized carbons (Fsp3) is 0.182. The summed E-state index contributed by atoms with van der Waals surface area (Å²) >= 11 is 0. The molecule has 0 unspecified atom stereocenters. The number of methoxy groups -OCH3 is 2. The maximum absolute atomic E-state index is 9.84. The average Bonchev–Trinajstić information content (AvgIpc) is 3.12. The van der Waals surface area contributed by atoms with Crippen LogP contribution in [0.4, 0.5) is 5.82 Å². The van der Waals surface area contributed by atoms with Gasteiger partial charge in [0, 0.05) is 17.4 Å². The lowest BCUT2D eigenvalue weighted by atomic mass is 10.0. The smallest absolute Gasteiger partial charge is 0.176 e. The Hall–Kier alpha value is -3.72. The molecule has 142 valence electrons. The van der Waals surface area contributed by atoms with Crippen LogP contribution in [0.1, 0.15) is 12.5 Å². The van der Waals surface area contributed by atoms with Crippen LogP contribution in [-0.2, 0) is 4.74 Å². The summed E-state index contributed by atoms with van der Waals surface area (Å²) < 4.78 is 17.6. The Morgan fingerprint density at radius 1 is 1.00 bits per heavy atom. The Morgan fingerprint density at radius 3 is 2.14 bits per heavy atom. The molecule has 0 aliphatic heterocycles. The van der Waals surface area contributed by atoms with Crippen molar-refractivity contribution >= 4 is 12.2 Å². The molecule has 0 bridgehead atoms. The minimum absolute atomic E-state index is 0.469. The van der Waals surface area contributed by atoms with Gasteiger partial charge in [-0.3, -0.25) is 4.57 Å². The van der Waals surface area contributed by atoms with Gasteiger partial charge in [0.15, 0.2) is 12.2 Å². The normalized spacial score (nSPS) is 10.6. The molecule has 3 aromatic rings. The second-order valence-electron chi connectivity index (χ2n) is 5.84. The van der Waals surface area contributed by atoms with Crippen molar-refractivity contribution in [3.05, 3.63) is 60.3 Å². The van der Waals surface area contributed by atoms with Crippen molar-refractivity contribution in [3.63, 3.8) is 0 Å². The van der Waals surface area contributed by atoms with Gasteiger partial charge in [0.25, 0.3) is 0 Å². The minimum atomic E-state index is 0.469. The van der Waals surface area contributed by atoms with Crippen molar-refractivity contribution < 1.29 is 14.2 Å². The molecule has 0 N–H and O–H groups in total. The Labute approximate surface area is 164 Å². The minimum Gasteiger partial charge on any atom is -0.497 e. The van der Waals surface area contributed by atoms with Gasteiger partial charge in [0.2, 0.25) is 0 Å². The van der Waals surface area contributed by atoms with E-state index < -0.39 is 0 Å². The van der Waals surface area contributed by atoms with E-state index in [4.69, 9.17) is 14.2 Å². The van der Waals surface area contributed by atoms with E-state index in [2.05, 4.69) is 11.1 Å². The van der Waals surface area contributed by atoms with Gasteiger partial charge in [-0.05, 0) is 48.9 Å². The second kappa shape index (κ2) is 8.78. The zero-order chi connectivity index (χ0) is 19.9. The molecule has 0 saturated carbocycles. The average molecular weight is 375 g/mol. The third kappa shape index (κ3) is 3.84. The molecule has 0 saturated heterocycles. The highest BCUT2D eigenvalue weighted by Crippen LogP contribution is 2.36. The lowest BCUT2D eigenvalue weighted by molar-refractivity contribution is 0.344. The van der Waals surface area contributed by atoms with E-state index in [9.17, 15) is 5.26 Å². The maximum atomic E-state index is 9.84. The fourth-order valence-electron chi connectivity index (χ4n) is 2.82. The highest BCUT2D eigenvalue weighted by Gasteiger charge is 2.18. The lowest BCUT2D eigenvalue weighted by Crippen LogP contribution is -1.93. The molecule has 0 spiro atoms. The van der Waals surface area contributed by atoms with Crippen molar-refractivity contribution in [2.45, 2.75) is 6.92 Å². The van der Waals surface area contributed by atoms with Crippen molar-refractivity contribution in [3.8, 4) is 34.4 Å². The first kappa shape index (κ1) is 19.1. The van der Waals surface area contributed by atoms with Crippen LogP contribution in [-0.4, -0.2) is 31.8 Å². The number of nitrogens with zero attached hydrogens (tertiary/aromatic N) is 3. The van der Waals surface area contributed by atoms with Gasteiger partial charge in [-0.15, -0.1) is 0 Å². The van der Waals surface area contributed by atoms with Crippen LogP contribution in [0.2, 0.25) is 0 Å². The predicted octanol–water partition coefficient (Wildman–Crippen LogP) is 4.73. The molecule has 0 fully saturated rings. The van der Waals surface area contributed by atoms with Gasteiger partial charge in [0.05, 0.1) is 20.8 Å². The van der Waals surface area contributed by atoms with Crippen LogP contribution in [0.3, 0.4) is 0 Å². The molecule has 28 heavy (non-hydrogen) atoms. The molecule has 0 amide bonds. The number of benzene rings is 2. The summed E-state index contributed by atoms with van der Waals surface area (Å²) in [5, 5.41) is 9.84. The van der Waals surface area contributed by atoms with Crippen LogP contribution in [0.15, 0.2) is 59.7 Å². The summed E-state index contributed by atoms with van der Waals surface area (Å²) in [6, 6.07) is 17.4. The van der Waals surface area contributed by atoms with E-state index >= 15 is 0 Å². The maximum Gasteiger partial charge on any atom is 0.176 e. The number of aromatic nitrogens is 1. The fourth-order valence-corrected chi connectivity index (χ4v) is 2.82. The summed E-state index contributed by atoms with van der Waals surface area (Å²) in [5.74, 6) is 2.02. The Morgan fingerprint density at radius 2 is 1.61 bits per heavy atom. The van der Waals surface area contributed by atoms with Crippen LogP contribution >= 0.6 is 0 Å². The van der Waals surface area contributed by atoms with E-state index in [1.165, 1.54) is 6.40 Å². The predicted molar refractivity (Wildman–Crippen MR) is 109 cm³/mol. The zero-order valence-electron chi connectivity index (χ0n) is 16.0. The van der Waals surface area contributed by atoms with Crippen molar-refractivity contribution in [1.29, 1.82) is 5.26 Å². The summed E-state index contributed by atoms with van der Waals surface area (Å²) in [5.41, 5.74) is 3.01. The number of hydrogen-bond acceptors (Lipinski definition) is 5. The number of hydrogen-bond donors (Lipinski definition) is 0. The molecule has 0 aliphatic carbocycles. The molecule has 6 heteroatoms. The van der Waals surface area contributed by atoms with Crippen LogP contribution in [0.5, 0.6) is 11.5 Å². The van der Waals surface area contributed by atoms with Crippen molar-refractivity contribution in [2.75, 3.05) is 20.8 Å². The van der Waals surface area contributed by atoms with Crippen LogP contribution in [0.25, 0.3) is 16.8 Å². The topological polar surface area (TPSA) is 68.8 Å². The first-order valence-corrected chi connectivity index (χ1v) is 8.80. The van der Waals surface area contributed by atoms with Crippen LogP contribution < -0.4 is 9.47 Å². The Balaban J connectivity index is 2.15. The number of ether oxygens (including phenoxy) is 3. The molecular formula is C22H21N3O3. The molecular weight excluding hydrogens is 354 g/mol. The summed E-state index contributed by atoms with van der Waals surface area (Å²) in [7, 11) is 3.24. The Kier molecular flexibility index (Phi) is 5.97. The molecule has 0 aliphatic rings. The standard InChI is InChI=1S/C22H21N3O3/c1-4-28-15-24-22-20(13-23)21(16-5-9-18(26-2)10-6-16)14-25(22)17-7-11-19(27-3)12-8-17/h5-12,14-15H,4H2,1-3H3/b24-15+. The molecule has 1 heterocycles. The van der Waals surface area contributed by atoms with E-state index in [0.717, 1.165) is 28.3 Å². The third-order valence-corrected chi connectivity index (χ3v) is 4.26. The van der Waals surface area contributed by atoms with Gasteiger partial charge >= 0.3 is 0 Å². The van der Waals surface area contributed by atoms with E-state index in [-0.39, 0.29) is 0 Å². The molecule has 0 atom stereocenters. The molecule has 2 aromatic carbocycles.